The van der Waals surface area contributed by atoms with Crippen molar-refractivity contribution in [1.82, 2.24) is 0 Å². The predicted octanol–water partition coefficient (Wildman–Crippen LogP) is 1.59. The zero-order valence-corrected chi connectivity index (χ0v) is 10.2. The molecule has 0 heterocycles. The highest BCUT2D eigenvalue weighted by Gasteiger charge is 2.30. The van der Waals surface area contributed by atoms with Gasteiger partial charge < -0.3 is 16.2 Å². The van der Waals surface area contributed by atoms with Crippen LogP contribution in [-0.2, 0) is 4.79 Å². The number of carboxylic acids is 1. The molecule has 2 rings (SSSR count). The van der Waals surface area contributed by atoms with Crippen molar-refractivity contribution in [3.8, 4) is 0 Å². The second kappa shape index (κ2) is 5.36. The van der Waals surface area contributed by atoms with Crippen molar-refractivity contribution < 1.29 is 19.1 Å². The van der Waals surface area contributed by atoms with Gasteiger partial charge in [0.1, 0.15) is 5.82 Å². The number of aromatic carboxylic acids is 1. The number of nitrogens with two attached hydrogens (primary N) is 1. The van der Waals surface area contributed by atoms with Crippen molar-refractivity contribution in [2.75, 3.05) is 5.32 Å². The summed E-state index contributed by atoms with van der Waals surface area (Å²) >= 11 is 0. The first-order valence-electron chi connectivity index (χ1n) is 6.08. The van der Waals surface area contributed by atoms with Crippen LogP contribution in [0, 0.1) is 11.7 Å². The Kier molecular flexibility index (Phi) is 3.80. The molecule has 5 nitrogen and oxygen atoms in total. The number of carbonyl (C=O) groups excluding carboxylic acids is 1. The maximum absolute atomic E-state index is 13.5. The molecule has 0 bridgehead atoms. The summed E-state index contributed by atoms with van der Waals surface area (Å²) in [7, 11) is 0. The monoisotopic (exact) mass is 266 g/mol. The van der Waals surface area contributed by atoms with Crippen LogP contribution in [0.3, 0.4) is 0 Å². The van der Waals surface area contributed by atoms with E-state index in [9.17, 15) is 14.0 Å². The molecule has 6 heteroatoms. The van der Waals surface area contributed by atoms with Gasteiger partial charge in [-0.25, -0.2) is 9.18 Å². The topological polar surface area (TPSA) is 92.4 Å². The van der Waals surface area contributed by atoms with E-state index in [0.29, 0.717) is 6.42 Å². The Morgan fingerprint density at radius 1 is 1.37 bits per heavy atom. The summed E-state index contributed by atoms with van der Waals surface area (Å²) in [6.45, 7) is 0. The zero-order valence-electron chi connectivity index (χ0n) is 10.2. The fourth-order valence-corrected chi connectivity index (χ4v) is 2.29. The van der Waals surface area contributed by atoms with Gasteiger partial charge in [-0.1, -0.05) is 6.42 Å². The minimum Gasteiger partial charge on any atom is -0.478 e. The molecule has 0 aromatic heterocycles. The van der Waals surface area contributed by atoms with Gasteiger partial charge in [0.05, 0.1) is 17.2 Å². The number of rotatable bonds is 3. The SMILES string of the molecule is NC1CCCC1C(=O)Nc1cc(C(=O)O)ccc1F. The minimum atomic E-state index is -1.17. The van der Waals surface area contributed by atoms with Gasteiger partial charge >= 0.3 is 5.97 Å². The van der Waals surface area contributed by atoms with Crippen molar-refractivity contribution >= 4 is 17.6 Å². The average Bonchev–Trinajstić information content (AvgIpc) is 2.78. The maximum atomic E-state index is 13.5. The van der Waals surface area contributed by atoms with Crippen molar-refractivity contribution in [1.29, 1.82) is 0 Å². The number of carbonyl (C=O) groups is 2. The second-order valence-corrected chi connectivity index (χ2v) is 4.69. The molecule has 1 amide bonds. The summed E-state index contributed by atoms with van der Waals surface area (Å²) in [5, 5.41) is 11.3. The van der Waals surface area contributed by atoms with Crippen molar-refractivity contribution in [3.63, 3.8) is 0 Å². The van der Waals surface area contributed by atoms with Crippen LogP contribution in [0.4, 0.5) is 10.1 Å². The summed E-state index contributed by atoms with van der Waals surface area (Å²) in [6, 6.07) is 3.06. The second-order valence-electron chi connectivity index (χ2n) is 4.69. The largest absolute Gasteiger partial charge is 0.478 e. The Balaban J connectivity index is 2.16. The van der Waals surface area contributed by atoms with Crippen molar-refractivity contribution in [2.45, 2.75) is 25.3 Å². The first-order valence-corrected chi connectivity index (χ1v) is 6.08. The van der Waals surface area contributed by atoms with Gasteiger partial charge in [-0.3, -0.25) is 4.79 Å². The molecule has 4 N–H and O–H groups in total. The Morgan fingerprint density at radius 2 is 2.11 bits per heavy atom. The van der Waals surface area contributed by atoms with E-state index in [2.05, 4.69) is 5.32 Å². The molecule has 0 radical (unpaired) electrons. The number of amides is 1. The summed E-state index contributed by atoms with van der Waals surface area (Å²) in [4.78, 5) is 22.8. The molecule has 19 heavy (non-hydrogen) atoms. The lowest BCUT2D eigenvalue weighted by atomic mass is 10.0. The molecule has 2 unspecified atom stereocenters. The van der Waals surface area contributed by atoms with E-state index < -0.39 is 11.8 Å². The van der Waals surface area contributed by atoms with E-state index in [-0.39, 0.29) is 29.1 Å². The zero-order chi connectivity index (χ0) is 14.0. The summed E-state index contributed by atoms with van der Waals surface area (Å²) in [6.07, 6.45) is 2.32. The molecule has 102 valence electrons. The van der Waals surface area contributed by atoms with Gasteiger partial charge in [-0.2, -0.15) is 0 Å². The van der Waals surface area contributed by atoms with Crippen LogP contribution >= 0.6 is 0 Å². The Bertz CT molecular complexity index is 519. The molecule has 0 aliphatic heterocycles. The quantitative estimate of drug-likeness (QED) is 0.774. The minimum absolute atomic E-state index is 0.0765. The highest BCUT2D eigenvalue weighted by molar-refractivity contribution is 5.95. The van der Waals surface area contributed by atoms with E-state index >= 15 is 0 Å². The number of carboxylic acid groups (broad SMARTS) is 1. The molecule has 2 atom stereocenters. The molecule has 1 fully saturated rings. The van der Waals surface area contributed by atoms with Crippen molar-refractivity contribution in [3.05, 3.63) is 29.6 Å². The van der Waals surface area contributed by atoms with Crippen LogP contribution in [0.15, 0.2) is 18.2 Å². The number of anilines is 1. The van der Waals surface area contributed by atoms with E-state index in [1.165, 1.54) is 0 Å². The Hall–Kier alpha value is -1.95. The lowest BCUT2D eigenvalue weighted by Gasteiger charge is -2.15. The molecule has 0 spiro atoms. The third kappa shape index (κ3) is 2.90. The predicted molar refractivity (Wildman–Crippen MR) is 67.3 cm³/mol. The summed E-state index contributed by atoms with van der Waals surface area (Å²) in [5.74, 6) is -2.53. The maximum Gasteiger partial charge on any atom is 0.335 e. The van der Waals surface area contributed by atoms with Crippen LogP contribution in [0.5, 0.6) is 0 Å². The molecular formula is C13H15FN2O3. The van der Waals surface area contributed by atoms with Crippen LogP contribution in [-0.4, -0.2) is 23.0 Å². The van der Waals surface area contributed by atoms with E-state index in [1.807, 2.05) is 0 Å². The Labute approximate surface area is 109 Å². The van der Waals surface area contributed by atoms with Gasteiger partial charge in [-0.05, 0) is 31.0 Å². The van der Waals surface area contributed by atoms with Gasteiger partial charge in [0.2, 0.25) is 5.91 Å². The average molecular weight is 266 g/mol. The fourth-order valence-electron chi connectivity index (χ4n) is 2.29. The molecule has 1 aliphatic carbocycles. The number of benzene rings is 1. The number of hydrogen-bond donors (Lipinski definition) is 3. The highest BCUT2D eigenvalue weighted by Crippen LogP contribution is 2.26. The lowest BCUT2D eigenvalue weighted by Crippen LogP contribution is -2.34. The number of halogens is 1. The standard InChI is InChI=1S/C13H15FN2O3/c14-9-5-4-7(13(18)19)6-11(9)16-12(17)8-2-1-3-10(8)15/h4-6,8,10H,1-3,15H2,(H,16,17)(H,18,19). The van der Waals surface area contributed by atoms with Crippen LogP contribution in [0.2, 0.25) is 0 Å². The lowest BCUT2D eigenvalue weighted by molar-refractivity contribution is -0.120. The van der Waals surface area contributed by atoms with E-state index in [1.54, 1.807) is 0 Å². The third-order valence-corrected chi connectivity index (χ3v) is 3.38. The summed E-state index contributed by atoms with van der Waals surface area (Å²) < 4.78 is 13.5. The van der Waals surface area contributed by atoms with Crippen LogP contribution < -0.4 is 11.1 Å². The molecule has 1 aromatic rings. The van der Waals surface area contributed by atoms with Gasteiger partial charge in [-0.15, -0.1) is 0 Å². The van der Waals surface area contributed by atoms with Gasteiger partial charge in [0.25, 0.3) is 0 Å². The van der Waals surface area contributed by atoms with Gasteiger partial charge in [0, 0.05) is 6.04 Å². The van der Waals surface area contributed by atoms with Crippen molar-refractivity contribution in [2.24, 2.45) is 11.7 Å². The van der Waals surface area contributed by atoms with Crippen LogP contribution in [0.25, 0.3) is 0 Å². The molecule has 0 saturated heterocycles. The third-order valence-electron chi connectivity index (χ3n) is 3.38. The first-order chi connectivity index (χ1) is 8.99. The highest BCUT2D eigenvalue weighted by atomic mass is 19.1. The van der Waals surface area contributed by atoms with E-state index in [0.717, 1.165) is 31.0 Å². The smallest absolute Gasteiger partial charge is 0.335 e. The number of nitrogens with one attached hydrogen (secondary N) is 1. The normalized spacial score (nSPS) is 22.2. The fraction of sp³-hybridized carbons (Fsp3) is 0.385. The molecule has 1 aromatic carbocycles. The van der Waals surface area contributed by atoms with E-state index in [4.69, 9.17) is 10.8 Å². The summed E-state index contributed by atoms with van der Waals surface area (Å²) in [5.41, 5.74) is 5.60. The Morgan fingerprint density at radius 3 is 2.68 bits per heavy atom. The van der Waals surface area contributed by atoms with Gasteiger partial charge in [0.15, 0.2) is 0 Å². The molecule has 1 aliphatic rings. The van der Waals surface area contributed by atoms with Crippen LogP contribution in [0.1, 0.15) is 29.6 Å². The first kappa shape index (κ1) is 13.5. The molecule has 1 saturated carbocycles. The number of hydrogen-bond acceptors (Lipinski definition) is 3. The molecular weight excluding hydrogens is 251 g/mol.